The Kier molecular flexibility index (Phi) is 8.67. The highest BCUT2D eigenvalue weighted by molar-refractivity contribution is 7.13. The summed E-state index contributed by atoms with van der Waals surface area (Å²) in [5.74, 6) is -0.291. The zero-order valence-corrected chi connectivity index (χ0v) is 23.8. The van der Waals surface area contributed by atoms with Gasteiger partial charge in [-0.1, -0.05) is 57.1 Å². The van der Waals surface area contributed by atoms with E-state index in [0.29, 0.717) is 17.4 Å². The van der Waals surface area contributed by atoms with Gasteiger partial charge in [0.25, 0.3) is 0 Å². The van der Waals surface area contributed by atoms with Crippen LogP contribution in [0.25, 0.3) is 10.4 Å². The predicted octanol–water partition coefficient (Wildman–Crippen LogP) is 5.02. The second-order valence-corrected chi connectivity index (χ2v) is 11.9. The maximum Gasteiger partial charge on any atom is 0.243 e. The minimum Gasteiger partial charge on any atom is -0.391 e. The van der Waals surface area contributed by atoms with Gasteiger partial charge in [0.15, 0.2) is 0 Å². The number of aryl methyl sites for hydroxylation is 2. The number of nitrogens with one attached hydrogen (secondary N) is 1. The van der Waals surface area contributed by atoms with E-state index in [4.69, 9.17) is 4.52 Å². The number of aliphatic hydroxyl groups excluding tert-OH is 1. The van der Waals surface area contributed by atoms with Gasteiger partial charge < -0.3 is 19.8 Å². The van der Waals surface area contributed by atoms with E-state index in [0.717, 1.165) is 28.1 Å². The molecule has 1 fully saturated rings. The number of hydrogen-bond acceptors (Lipinski definition) is 7. The molecule has 38 heavy (non-hydrogen) atoms. The SMILES string of the molecule is Cc1cc(C(C(=O)N2C[C@H](O)C[C@H]2C(=O)N[C@@H](CC(C)C)c2ccc(-c3scnc3C)cc2)C(C)C)on1. The number of benzene rings is 1. The minimum absolute atomic E-state index is 0.0642. The Morgan fingerprint density at radius 3 is 2.45 bits per heavy atom. The Labute approximate surface area is 228 Å². The summed E-state index contributed by atoms with van der Waals surface area (Å²) in [5.41, 5.74) is 5.64. The molecule has 0 radical (unpaired) electrons. The minimum atomic E-state index is -0.760. The van der Waals surface area contributed by atoms with E-state index in [1.807, 2.05) is 33.2 Å². The van der Waals surface area contributed by atoms with E-state index in [2.05, 4.69) is 53.6 Å². The van der Waals surface area contributed by atoms with Crippen molar-refractivity contribution in [1.82, 2.24) is 20.4 Å². The molecule has 204 valence electrons. The number of hydrogen-bond donors (Lipinski definition) is 2. The monoisotopic (exact) mass is 538 g/mol. The average Bonchev–Trinajstić information content (AvgIpc) is 3.58. The standard InChI is InChI=1S/C29H38N4O4S/c1-16(2)11-23(20-7-9-21(10-8-20)27-19(6)30-15-38-27)31-28(35)24-13-22(34)14-33(24)29(36)26(17(3)4)25-12-18(5)32-37-25/h7-10,12,15-17,22-24,26,34H,11,13-14H2,1-6H3,(H,31,35)/t22-,23+,24+,26?/m1/s1. The van der Waals surface area contributed by atoms with Crippen LogP contribution in [0.15, 0.2) is 40.4 Å². The summed E-state index contributed by atoms with van der Waals surface area (Å²) in [7, 11) is 0. The Hall–Kier alpha value is -3.04. The van der Waals surface area contributed by atoms with E-state index in [1.165, 1.54) is 4.90 Å². The quantitative estimate of drug-likeness (QED) is 0.396. The first-order valence-corrected chi connectivity index (χ1v) is 14.2. The lowest BCUT2D eigenvalue weighted by atomic mass is 9.91. The molecule has 0 saturated carbocycles. The lowest BCUT2D eigenvalue weighted by molar-refractivity contribution is -0.141. The largest absolute Gasteiger partial charge is 0.391 e. The number of amides is 2. The van der Waals surface area contributed by atoms with Gasteiger partial charge in [-0.25, -0.2) is 4.98 Å². The fraction of sp³-hybridized carbons (Fsp3) is 0.517. The van der Waals surface area contributed by atoms with E-state index < -0.39 is 18.1 Å². The van der Waals surface area contributed by atoms with Crippen LogP contribution in [-0.4, -0.2) is 50.7 Å². The van der Waals surface area contributed by atoms with Crippen molar-refractivity contribution < 1.29 is 19.2 Å². The van der Waals surface area contributed by atoms with Gasteiger partial charge in [0, 0.05) is 19.0 Å². The van der Waals surface area contributed by atoms with Crippen LogP contribution in [-0.2, 0) is 9.59 Å². The molecule has 0 bridgehead atoms. The number of carbonyl (C=O) groups excluding carboxylic acids is 2. The summed E-state index contributed by atoms with van der Waals surface area (Å²) >= 11 is 1.61. The van der Waals surface area contributed by atoms with Crippen LogP contribution in [0.3, 0.4) is 0 Å². The number of aromatic nitrogens is 2. The fourth-order valence-electron chi connectivity index (χ4n) is 5.21. The number of carbonyl (C=O) groups is 2. The fourth-order valence-corrected chi connectivity index (χ4v) is 6.02. The molecule has 3 aromatic rings. The summed E-state index contributed by atoms with van der Waals surface area (Å²) in [5, 5.41) is 17.6. The van der Waals surface area contributed by atoms with Crippen LogP contribution in [0, 0.1) is 25.7 Å². The number of thiazole rings is 1. The third-order valence-electron chi connectivity index (χ3n) is 7.09. The molecular formula is C29H38N4O4S. The summed E-state index contributed by atoms with van der Waals surface area (Å²) in [6, 6.07) is 9.03. The lowest BCUT2D eigenvalue weighted by Gasteiger charge is -2.30. The summed E-state index contributed by atoms with van der Waals surface area (Å²) < 4.78 is 5.44. The van der Waals surface area contributed by atoms with Crippen molar-refractivity contribution in [2.75, 3.05) is 6.54 Å². The second kappa shape index (κ2) is 11.8. The number of aliphatic hydroxyl groups is 1. The van der Waals surface area contributed by atoms with Crippen LogP contribution >= 0.6 is 11.3 Å². The van der Waals surface area contributed by atoms with Gasteiger partial charge in [-0.15, -0.1) is 11.3 Å². The molecular weight excluding hydrogens is 500 g/mol. The van der Waals surface area contributed by atoms with Gasteiger partial charge in [0.05, 0.1) is 33.9 Å². The molecule has 0 aliphatic carbocycles. The van der Waals surface area contributed by atoms with Crippen LogP contribution in [0.1, 0.15) is 75.2 Å². The molecule has 2 N–H and O–H groups in total. The van der Waals surface area contributed by atoms with Crippen molar-refractivity contribution in [2.24, 2.45) is 11.8 Å². The average molecular weight is 539 g/mol. The van der Waals surface area contributed by atoms with Gasteiger partial charge in [0.2, 0.25) is 11.8 Å². The van der Waals surface area contributed by atoms with Gasteiger partial charge in [-0.2, -0.15) is 0 Å². The molecule has 2 amide bonds. The lowest BCUT2D eigenvalue weighted by Crippen LogP contribution is -2.48. The van der Waals surface area contributed by atoms with Gasteiger partial charge in [-0.05, 0) is 43.2 Å². The highest BCUT2D eigenvalue weighted by atomic mass is 32.1. The molecule has 0 spiro atoms. The molecule has 1 aliphatic rings. The summed E-state index contributed by atoms with van der Waals surface area (Å²) in [6.07, 6.45) is 0.194. The summed E-state index contributed by atoms with van der Waals surface area (Å²) in [4.78, 5) is 34.4. The topological polar surface area (TPSA) is 109 Å². The normalized spacial score (nSPS) is 19.2. The third kappa shape index (κ3) is 6.15. The molecule has 9 heteroatoms. The van der Waals surface area contributed by atoms with Crippen molar-refractivity contribution in [2.45, 2.75) is 78.5 Å². The Morgan fingerprint density at radius 1 is 1.18 bits per heavy atom. The number of β-amino-alcohol motifs (C(OH)–C–C–N with tert-alkyl or cyclic N) is 1. The van der Waals surface area contributed by atoms with E-state index in [-0.39, 0.29) is 36.7 Å². The molecule has 1 aromatic carbocycles. The zero-order valence-electron chi connectivity index (χ0n) is 23.0. The van der Waals surface area contributed by atoms with Crippen molar-refractivity contribution >= 4 is 23.2 Å². The molecule has 4 atom stereocenters. The Balaban J connectivity index is 1.54. The maximum atomic E-state index is 13.7. The molecule has 1 aliphatic heterocycles. The highest BCUT2D eigenvalue weighted by Gasteiger charge is 2.43. The molecule has 3 heterocycles. The second-order valence-electron chi connectivity index (χ2n) is 11.1. The highest BCUT2D eigenvalue weighted by Crippen LogP contribution is 2.33. The van der Waals surface area contributed by atoms with Gasteiger partial charge in [0.1, 0.15) is 17.7 Å². The Bertz CT molecular complexity index is 1250. The summed E-state index contributed by atoms with van der Waals surface area (Å²) in [6.45, 7) is 12.1. The molecule has 1 unspecified atom stereocenters. The van der Waals surface area contributed by atoms with Crippen molar-refractivity contribution in [3.05, 3.63) is 58.6 Å². The Morgan fingerprint density at radius 2 is 1.89 bits per heavy atom. The van der Waals surface area contributed by atoms with Crippen LogP contribution in [0.2, 0.25) is 0 Å². The number of rotatable bonds is 9. The van der Waals surface area contributed by atoms with Crippen molar-refractivity contribution in [3.63, 3.8) is 0 Å². The van der Waals surface area contributed by atoms with Gasteiger partial charge in [-0.3, -0.25) is 9.59 Å². The maximum absolute atomic E-state index is 13.7. The van der Waals surface area contributed by atoms with E-state index >= 15 is 0 Å². The third-order valence-corrected chi connectivity index (χ3v) is 8.07. The molecule has 4 rings (SSSR count). The van der Waals surface area contributed by atoms with Crippen molar-refractivity contribution in [1.29, 1.82) is 0 Å². The van der Waals surface area contributed by atoms with Crippen LogP contribution in [0.5, 0.6) is 0 Å². The first-order chi connectivity index (χ1) is 18.0. The van der Waals surface area contributed by atoms with Crippen molar-refractivity contribution in [3.8, 4) is 10.4 Å². The first kappa shape index (κ1) is 28.0. The van der Waals surface area contributed by atoms with Gasteiger partial charge >= 0.3 is 0 Å². The van der Waals surface area contributed by atoms with Crippen LogP contribution < -0.4 is 5.32 Å². The first-order valence-electron chi connectivity index (χ1n) is 13.3. The smallest absolute Gasteiger partial charge is 0.243 e. The molecule has 8 nitrogen and oxygen atoms in total. The van der Waals surface area contributed by atoms with E-state index in [9.17, 15) is 14.7 Å². The van der Waals surface area contributed by atoms with E-state index in [1.54, 1.807) is 17.4 Å². The zero-order chi connectivity index (χ0) is 27.6. The number of nitrogens with zero attached hydrogens (tertiary/aromatic N) is 3. The number of likely N-dealkylation sites (tertiary alicyclic amines) is 1. The van der Waals surface area contributed by atoms with Crippen LogP contribution in [0.4, 0.5) is 0 Å². The predicted molar refractivity (Wildman–Crippen MR) is 148 cm³/mol. The molecule has 2 aromatic heterocycles. The molecule has 1 saturated heterocycles.